The van der Waals surface area contributed by atoms with Crippen LogP contribution in [0.2, 0.25) is 0 Å². The van der Waals surface area contributed by atoms with E-state index in [1.165, 1.54) is 28.8 Å². The number of hydrogen-bond acceptors (Lipinski definition) is 2. The number of methoxy groups -OCH3 is 1. The van der Waals surface area contributed by atoms with Crippen LogP contribution < -0.4 is 10.1 Å². The molecule has 1 atom stereocenters. The molecule has 20 heavy (non-hydrogen) atoms. The van der Waals surface area contributed by atoms with E-state index in [4.69, 9.17) is 4.74 Å². The van der Waals surface area contributed by atoms with Crippen molar-refractivity contribution in [2.24, 2.45) is 0 Å². The number of nitrogens with one attached hydrogen (secondary N) is 1. The Hall–Kier alpha value is -2.03. The predicted molar refractivity (Wildman–Crippen MR) is 80.9 cm³/mol. The molecule has 0 aromatic heterocycles. The lowest BCUT2D eigenvalue weighted by Crippen LogP contribution is -2.09. The summed E-state index contributed by atoms with van der Waals surface area (Å²) in [5, 5.41) is 3.37. The summed E-state index contributed by atoms with van der Waals surface area (Å²) in [4.78, 5) is 0. The number of ether oxygens (including phenoxy) is 1. The quantitative estimate of drug-likeness (QED) is 0.877. The number of halogens is 1. The van der Waals surface area contributed by atoms with Crippen molar-refractivity contribution in [2.75, 3.05) is 12.4 Å². The second kappa shape index (κ2) is 5.95. The Morgan fingerprint density at radius 2 is 1.85 bits per heavy atom. The second-order valence-electron chi connectivity index (χ2n) is 5.07. The average Bonchev–Trinajstić information content (AvgIpc) is 2.40. The molecule has 1 unspecified atom stereocenters. The zero-order chi connectivity index (χ0) is 14.7. The minimum absolute atomic E-state index is 0.120. The number of rotatable bonds is 4. The average molecular weight is 273 g/mol. The van der Waals surface area contributed by atoms with Gasteiger partial charge in [-0.15, -0.1) is 0 Å². The van der Waals surface area contributed by atoms with Gasteiger partial charge < -0.3 is 10.1 Å². The fraction of sp³-hybridized carbons (Fsp3) is 0.294. The molecule has 1 N–H and O–H groups in total. The molecule has 0 saturated heterocycles. The van der Waals surface area contributed by atoms with Crippen LogP contribution in [0.3, 0.4) is 0 Å². The highest BCUT2D eigenvalue weighted by molar-refractivity contribution is 5.57. The number of hydrogen-bond donors (Lipinski definition) is 1. The van der Waals surface area contributed by atoms with Gasteiger partial charge in [-0.25, -0.2) is 4.39 Å². The zero-order valence-electron chi connectivity index (χ0n) is 12.3. The molecule has 0 bridgehead atoms. The lowest BCUT2D eigenvalue weighted by Gasteiger charge is -2.20. The van der Waals surface area contributed by atoms with Crippen molar-refractivity contribution in [1.82, 2.24) is 0 Å². The van der Waals surface area contributed by atoms with Crippen molar-refractivity contribution in [1.29, 1.82) is 0 Å². The van der Waals surface area contributed by atoms with E-state index in [-0.39, 0.29) is 11.9 Å². The summed E-state index contributed by atoms with van der Waals surface area (Å²) in [6.45, 7) is 6.26. The maximum atomic E-state index is 13.2. The molecule has 0 heterocycles. The highest BCUT2D eigenvalue weighted by atomic mass is 19.1. The maximum absolute atomic E-state index is 13.2. The van der Waals surface area contributed by atoms with Crippen LogP contribution in [0.1, 0.15) is 29.7 Å². The number of benzene rings is 2. The fourth-order valence-corrected chi connectivity index (χ4v) is 2.41. The number of anilines is 1. The van der Waals surface area contributed by atoms with Crippen LogP contribution in [0.4, 0.5) is 10.1 Å². The van der Waals surface area contributed by atoms with Crippen LogP contribution in [-0.4, -0.2) is 7.11 Å². The lowest BCUT2D eigenvalue weighted by molar-refractivity contribution is 0.412. The van der Waals surface area contributed by atoms with Crippen LogP contribution in [0.5, 0.6) is 5.75 Å². The van der Waals surface area contributed by atoms with E-state index in [0.29, 0.717) is 5.75 Å². The first-order valence-electron chi connectivity index (χ1n) is 6.68. The predicted octanol–water partition coefficient (Wildman–Crippen LogP) is 4.62. The highest BCUT2D eigenvalue weighted by Gasteiger charge is 2.11. The van der Waals surface area contributed by atoms with Crippen molar-refractivity contribution in [3.8, 4) is 5.75 Å². The summed E-state index contributed by atoms with van der Waals surface area (Å²) in [5.41, 5.74) is 4.51. The van der Waals surface area contributed by atoms with Crippen molar-refractivity contribution < 1.29 is 9.13 Å². The first-order chi connectivity index (χ1) is 9.51. The van der Waals surface area contributed by atoms with Gasteiger partial charge in [-0.3, -0.25) is 0 Å². The second-order valence-corrected chi connectivity index (χ2v) is 5.07. The van der Waals surface area contributed by atoms with Gasteiger partial charge in [0.25, 0.3) is 0 Å². The highest BCUT2D eigenvalue weighted by Crippen LogP contribution is 2.30. The van der Waals surface area contributed by atoms with Crippen molar-refractivity contribution in [3.63, 3.8) is 0 Å². The molecule has 0 aliphatic carbocycles. The number of aryl methyl sites for hydroxylation is 2. The van der Waals surface area contributed by atoms with Gasteiger partial charge in [0.2, 0.25) is 0 Å². The lowest BCUT2D eigenvalue weighted by atomic mass is 10.00. The van der Waals surface area contributed by atoms with Crippen molar-refractivity contribution in [3.05, 3.63) is 58.9 Å². The monoisotopic (exact) mass is 273 g/mol. The fourth-order valence-electron chi connectivity index (χ4n) is 2.41. The van der Waals surface area contributed by atoms with Gasteiger partial charge in [0, 0.05) is 12.1 Å². The SMILES string of the molecule is COc1cc(F)ccc1NC(C)c1ccc(C)cc1C. The minimum Gasteiger partial charge on any atom is -0.494 e. The van der Waals surface area contributed by atoms with Crippen molar-refractivity contribution in [2.45, 2.75) is 26.8 Å². The maximum Gasteiger partial charge on any atom is 0.144 e. The Morgan fingerprint density at radius 1 is 1.10 bits per heavy atom. The normalized spacial score (nSPS) is 12.1. The molecule has 106 valence electrons. The Bertz CT molecular complexity index is 610. The molecule has 2 nitrogen and oxygen atoms in total. The Balaban J connectivity index is 2.25. The van der Waals surface area contributed by atoms with Gasteiger partial charge in [-0.1, -0.05) is 23.8 Å². The van der Waals surface area contributed by atoms with Crippen molar-refractivity contribution >= 4 is 5.69 Å². The molecular weight excluding hydrogens is 253 g/mol. The van der Waals surface area contributed by atoms with Gasteiger partial charge in [-0.2, -0.15) is 0 Å². The molecular formula is C17H20FNO. The van der Waals surface area contributed by atoms with Crippen LogP contribution in [0, 0.1) is 19.7 Å². The van der Waals surface area contributed by atoms with Gasteiger partial charge in [0.05, 0.1) is 12.8 Å². The molecule has 2 rings (SSSR count). The first-order valence-corrected chi connectivity index (χ1v) is 6.68. The molecule has 0 amide bonds. The standard InChI is InChI=1S/C17H20FNO/c1-11-5-7-15(12(2)9-11)13(3)19-16-8-6-14(18)10-17(16)20-4/h5-10,13,19H,1-4H3. The molecule has 3 heteroatoms. The van der Waals surface area contributed by atoms with Gasteiger partial charge in [0.1, 0.15) is 11.6 Å². The van der Waals surface area contributed by atoms with E-state index in [2.05, 4.69) is 44.3 Å². The summed E-state index contributed by atoms with van der Waals surface area (Å²) in [6.07, 6.45) is 0. The third-order valence-corrected chi connectivity index (χ3v) is 3.43. The van der Waals surface area contributed by atoms with E-state index in [1.54, 1.807) is 13.2 Å². The largest absolute Gasteiger partial charge is 0.494 e. The molecule has 2 aromatic rings. The smallest absolute Gasteiger partial charge is 0.144 e. The van der Waals surface area contributed by atoms with E-state index in [1.807, 2.05) is 0 Å². The summed E-state index contributed by atoms with van der Waals surface area (Å²) < 4.78 is 18.4. The van der Waals surface area contributed by atoms with E-state index < -0.39 is 0 Å². The molecule has 0 fully saturated rings. The van der Waals surface area contributed by atoms with Gasteiger partial charge in [0.15, 0.2) is 0 Å². The Labute approximate surface area is 119 Å². The van der Waals surface area contributed by atoms with Crippen LogP contribution in [0.25, 0.3) is 0 Å². The third-order valence-electron chi connectivity index (χ3n) is 3.43. The van der Waals surface area contributed by atoms with Gasteiger partial charge in [-0.05, 0) is 44.0 Å². The van der Waals surface area contributed by atoms with Crippen LogP contribution in [0.15, 0.2) is 36.4 Å². The topological polar surface area (TPSA) is 21.3 Å². The molecule has 0 aliphatic heterocycles. The zero-order valence-corrected chi connectivity index (χ0v) is 12.3. The third kappa shape index (κ3) is 3.10. The van der Waals surface area contributed by atoms with Gasteiger partial charge >= 0.3 is 0 Å². The Kier molecular flexibility index (Phi) is 4.28. The Morgan fingerprint density at radius 3 is 2.50 bits per heavy atom. The molecule has 0 saturated carbocycles. The van der Waals surface area contributed by atoms with E-state index in [9.17, 15) is 4.39 Å². The van der Waals surface area contributed by atoms with Crippen LogP contribution in [-0.2, 0) is 0 Å². The minimum atomic E-state index is -0.299. The molecule has 2 aromatic carbocycles. The summed E-state index contributed by atoms with van der Waals surface area (Å²) in [6, 6.07) is 11.0. The van der Waals surface area contributed by atoms with E-state index in [0.717, 1.165) is 5.69 Å². The summed E-state index contributed by atoms with van der Waals surface area (Å²) >= 11 is 0. The van der Waals surface area contributed by atoms with E-state index >= 15 is 0 Å². The molecule has 0 aliphatic rings. The first kappa shape index (κ1) is 14.4. The summed E-state index contributed by atoms with van der Waals surface area (Å²) in [7, 11) is 1.54. The molecule has 0 radical (unpaired) electrons. The summed E-state index contributed by atoms with van der Waals surface area (Å²) in [5.74, 6) is 0.216. The molecule has 0 spiro atoms. The van der Waals surface area contributed by atoms with Crippen LogP contribution >= 0.6 is 0 Å².